The summed E-state index contributed by atoms with van der Waals surface area (Å²) in [5.74, 6) is 0.905. The SMILES string of the molecule is CNCC1Cc2cccc(-c3c(Cl)cccc3Cl)c2O1. The van der Waals surface area contributed by atoms with Crippen LogP contribution in [0.4, 0.5) is 0 Å². The van der Waals surface area contributed by atoms with Crippen molar-refractivity contribution in [2.75, 3.05) is 13.6 Å². The normalized spacial score (nSPS) is 16.9. The van der Waals surface area contributed by atoms with Crippen LogP contribution in [0, 0.1) is 0 Å². The van der Waals surface area contributed by atoms with Gasteiger partial charge in [0.15, 0.2) is 0 Å². The van der Waals surface area contributed by atoms with Gasteiger partial charge in [0.2, 0.25) is 0 Å². The molecule has 2 aromatic rings. The third-order valence-electron chi connectivity index (χ3n) is 3.49. The fraction of sp³-hybridized carbons (Fsp3) is 0.250. The van der Waals surface area contributed by atoms with Crippen LogP contribution in [-0.4, -0.2) is 19.7 Å². The van der Waals surface area contributed by atoms with E-state index in [0.717, 1.165) is 29.8 Å². The van der Waals surface area contributed by atoms with E-state index >= 15 is 0 Å². The summed E-state index contributed by atoms with van der Waals surface area (Å²) in [6.07, 6.45) is 1.07. The van der Waals surface area contributed by atoms with Crippen molar-refractivity contribution in [1.29, 1.82) is 0 Å². The molecule has 0 aliphatic carbocycles. The molecule has 0 saturated heterocycles. The fourth-order valence-electron chi connectivity index (χ4n) is 2.63. The molecule has 0 saturated carbocycles. The van der Waals surface area contributed by atoms with Crippen LogP contribution in [-0.2, 0) is 6.42 Å². The number of hydrogen-bond acceptors (Lipinski definition) is 2. The number of para-hydroxylation sites is 1. The van der Waals surface area contributed by atoms with Crippen LogP contribution in [0.25, 0.3) is 11.1 Å². The quantitative estimate of drug-likeness (QED) is 0.918. The third kappa shape index (κ3) is 2.39. The van der Waals surface area contributed by atoms with Crippen LogP contribution in [0.2, 0.25) is 10.0 Å². The Morgan fingerprint density at radius 3 is 2.55 bits per heavy atom. The molecule has 0 aromatic heterocycles. The van der Waals surface area contributed by atoms with Gasteiger partial charge < -0.3 is 10.1 Å². The molecule has 104 valence electrons. The van der Waals surface area contributed by atoms with Crippen LogP contribution in [0.1, 0.15) is 5.56 Å². The van der Waals surface area contributed by atoms with Gasteiger partial charge in [-0.2, -0.15) is 0 Å². The van der Waals surface area contributed by atoms with Gasteiger partial charge in [0.25, 0.3) is 0 Å². The second-order valence-corrected chi connectivity index (χ2v) is 5.71. The molecule has 1 N–H and O–H groups in total. The monoisotopic (exact) mass is 307 g/mol. The summed E-state index contributed by atoms with van der Waals surface area (Å²) in [5.41, 5.74) is 3.02. The predicted octanol–water partition coefficient (Wildman–Crippen LogP) is 4.18. The van der Waals surface area contributed by atoms with Crippen molar-refractivity contribution in [1.82, 2.24) is 5.32 Å². The molecule has 0 radical (unpaired) electrons. The van der Waals surface area contributed by atoms with E-state index in [1.165, 1.54) is 5.56 Å². The maximum Gasteiger partial charge on any atom is 0.131 e. The molecule has 2 nitrogen and oxygen atoms in total. The van der Waals surface area contributed by atoms with Crippen molar-refractivity contribution >= 4 is 23.2 Å². The highest BCUT2D eigenvalue weighted by molar-refractivity contribution is 6.39. The Hall–Kier alpha value is -1.22. The first-order chi connectivity index (χ1) is 9.70. The first-order valence-electron chi connectivity index (χ1n) is 6.58. The van der Waals surface area contributed by atoms with E-state index in [4.69, 9.17) is 27.9 Å². The minimum Gasteiger partial charge on any atom is -0.488 e. The van der Waals surface area contributed by atoms with Crippen LogP contribution < -0.4 is 10.1 Å². The van der Waals surface area contributed by atoms with Crippen LogP contribution in [0.15, 0.2) is 36.4 Å². The molecular formula is C16H15Cl2NO. The number of halogens is 2. The van der Waals surface area contributed by atoms with E-state index < -0.39 is 0 Å². The first-order valence-corrected chi connectivity index (χ1v) is 7.34. The van der Waals surface area contributed by atoms with E-state index in [1.54, 1.807) is 0 Å². The zero-order chi connectivity index (χ0) is 14.1. The number of likely N-dealkylation sites (N-methyl/N-ethyl adjacent to an activating group) is 1. The lowest BCUT2D eigenvalue weighted by molar-refractivity contribution is 0.232. The van der Waals surface area contributed by atoms with Gasteiger partial charge in [-0.05, 0) is 24.7 Å². The van der Waals surface area contributed by atoms with Gasteiger partial charge in [-0.25, -0.2) is 0 Å². The van der Waals surface area contributed by atoms with Crippen molar-refractivity contribution in [3.63, 3.8) is 0 Å². The van der Waals surface area contributed by atoms with E-state index in [2.05, 4.69) is 11.4 Å². The van der Waals surface area contributed by atoms with Gasteiger partial charge in [0.05, 0.1) is 10.0 Å². The number of fused-ring (bicyclic) bond motifs is 1. The molecule has 0 spiro atoms. The molecule has 4 heteroatoms. The Balaban J connectivity index is 2.08. The summed E-state index contributed by atoms with van der Waals surface area (Å²) in [7, 11) is 1.93. The van der Waals surface area contributed by atoms with E-state index in [9.17, 15) is 0 Å². The molecule has 1 atom stereocenters. The molecule has 1 aliphatic rings. The minimum atomic E-state index is 0.164. The topological polar surface area (TPSA) is 21.3 Å². The Bertz CT molecular complexity index is 622. The van der Waals surface area contributed by atoms with Gasteiger partial charge in [-0.15, -0.1) is 0 Å². The molecule has 0 amide bonds. The van der Waals surface area contributed by atoms with Gasteiger partial charge in [0.1, 0.15) is 11.9 Å². The Morgan fingerprint density at radius 2 is 1.85 bits per heavy atom. The molecule has 3 rings (SSSR count). The number of benzene rings is 2. The van der Waals surface area contributed by atoms with E-state index in [1.807, 2.05) is 37.4 Å². The van der Waals surface area contributed by atoms with Crippen LogP contribution >= 0.6 is 23.2 Å². The van der Waals surface area contributed by atoms with Crippen molar-refractivity contribution in [2.45, 2.75) is 12.5 Å². The zero-order valence-corrected chi connectivity index (χ0v) is 12.6. The molecule has 20 heavy (non-hydrogen) atoms. The predicted molar refractivity (Wildman–Crippen MR) is 83.9 cm³/mol. The van der Waals surface area contributed by atoms with Crippen molar-refractivity contribution < 1.29 is 4.74 Å². The van der Waals surface area contributed by atoms with E-state index in [-0.39, 0.29) is 6.10 Å². The fourth-order valence-corrected chi connectivity index (χ4v) is 3.23. The maximum absolute atomic E-state index is 6.31. The lowest BCUT2D eigenvalue weighted by atomic mass is 10.0. The molecule has 0 bridgehead atoms. The lowest BCUT2D eigenvalue weighted by Crippen LogP contribution is -2.27. The van der Waals surface area contributed by atoms with Crippen LogP contribution in [0.3, 0.4) is 0 Å². The number of hydrogen-bond donors (Lipinski definition) is 1. The van der Waals surface area contributed by atoms with Gasteiger partial charge in [-0.3, -0.25) is 0 Å². The lowest BCUT2D eigenvalue weighted by Gasteiger charge is -2.13. The summed E-state index contributed by atoms with van der Waals surface area (Å²) in [6, 6.07) is 11.7. The maximum atomic E-state index is 6.31. The Kier molecular flexibility index (Phi) is 3.88. The molecule has 1 heterocycles. The van der Waals surface area contributed by atoms with Crippen molar-refractivity contribution in [2.24, 2.45) is 0 Å². The summed E-state index contributed by atoms with van der Waals surface area (Å²) in [5, 5.41) is 4.44. The summed E-state index contributed by atoms with van der Waals surface area (Å²) >= 11 is 12.6. The summed E-state index contributed by atoms with van der Waals surface area (Å²) in [4.78, 5) is 0. The highest BCUT2D eigenvalue weighted by atomic mass is 35.5. The summed E-state index contributed by atoms with van der Waals surface area (Å²) in [6.45, 7) is 0.824. The molecule has 0 fully saturated rings. The minimum absolute atomic E-state index is 0.164. The molecule has 1 aliphatic heterocycles. The Morgan fingerprint density at radius 1 is 1.15 bits per heavy atom. The van der Waals surface area contributed by atoms with E-state index in [0.29, 0.717) is 10.0 Å². The van der Waals surface area contributed by atoms with Gasteiger partial charge in [0, 0.05) is 24.1 Å². The van der Waals surface area contributed by atoms with Crippen molar-refractivity contribution in [3.8, 4) is 16.9 Å². The number of nitrogens with one attached hydrogen (secondary N) is 1. The average Bonchev–Trinajstić information content (AvgIpc) is 2.82. The molecular weight excluding hydrogens is 293 g/mol. The third-order valence-corrected chi connectivity index (χ3v) is 4.12. The number of ether oxygens (including phenoxy) is 1. The highest BCUT2D eigenvalue weighted by Gasteiger charge is 2.26. The zero-order valence-electron chi connectivity index (χ0n) is 11.1. The standard InChI is InChI=1S/C16H15Cl2NO/c1-19-9-11-8-10-4-2-5-12(16(10)20-11)15-13(17)6-3-7-14(15)18/h2-7,11,19H,8-9H2,1H3. The smallest absolute Gasteiger partial charge is 0.131 e. The van der Waals surface area contributed by atoms with Gasteiger partial charge in [-0.1, -0.05) is 47.5 Å². The van der Waals surface area contributed by atoms with Crippen LogP contribution in [0.5, 0.6) is 5.75 Å². The molecule has 2 aromatic carbocycles. The molecule has 1 unspecified atom stereocenters. The Labute approximate surface area is 128 Å². The highest BCUT2D eigenvalue weighted by Crippen LogP contribution is 2.43. The average molecular weight is 308 g/mol. The second kappa shape index (κ2) is 5.65. The summed E-state index contributed by atoms with van der Waals surface area (Å²) < 4.78 is 6.06. The largest absolute Gasteiger partial charge is 0.488 e. The second-order valence-electron chi connectivity index (χ2n) is 4.89. The van der Waals surface area contributed by atoms with Gasteiger partial charge >= 0.3 is 0 Å². The number of rotatable bonds is 3. The first kappa shape index (κ1) is 13.7. The van der Waals surface area contributed by atoms with Crippen molar-refractivity contribution in [3.05, 3.63) is 52.0 Å².